The molecule has 0 atom stereocenters. The Kier molecular flexibility index (Phi) is 3.71. The number of nitrogens with zero attached hydrogens (tertiary/aromatic N) is 1. The fourth-order valence-electron chi connectivity index (χ4n) is 2.12. The number of anilines is 1. The minimum Gasteiger partial charge on any atom is -0.399 e. The van der Waals surface area contributed by atoms with Gasteiger partial charge in [-0.15, -0.1) is 0 Å². The molecular weight excluding hydrogens is 296 g/mol. The van der Waals surface area contributed by atoms with Crippen molar-refractivity contribution in [3.05, 3.63) is 23.3 Å². The summed E-state index contributed by atoms with van der Waals surface area (Å²) in [4.78, 5) is 0. The van der Waals surface area contributed by atoms with Crippen molar-refractivity contribution in [2.24, 2.45) is 0 Å². The third-order valence-electron chi connectivity index (χ3n) is 4.15. The van der Waals surface area contributed by atoms with Crippen molar-refractivity contribution in [3.63, 3.8) is 0 Å². The third kappa shape index (κ3) is 2.66. The molecule has 1 aromatic carbocycles. The lowest BCUT2D eigenvalue weighted by atomic mass is 9.77. The SMILES string of the molecule is CC1(C)OB(c2cc(C#N)c(N)c(C(F)(F)F)c2)OC1(C)C. The highest BCUT2D eigenvalue weighted by Gasteiger charge is 2.52. The largest absolute Gasteiger partial charge is 0.494 e. The molecule has 0 aromatic heterocycles. The summed E-state index contributed by atoms with van der Waals surface area (Å²) in [6.45, 7) is 7.17. The molecule has 0 aliphatic carbocycles. The zero-order chi connectivity index (χ0) is 16.9. The Labute approximate surface area is 127 Å². The van der Waals surface area contributed by atoms with Gasteiger partial charge in [0.05, 0.1) is 28.0 Å². The van der Waals surface area contributed by atoms with Crippen LogP contribution in [0, 0.1) is 11.3 Å². The molecule has 4 nitrogen and oxygen atoms in total. The summed E-state index contributed by atoms with van der Waals surface area (Å²) in [6, 6.07) is 3.82. The van der Waals surface area contributed by atoms with E-state index in [2.05, 4.69) is 0 Å². The lowest BCUT2D eigenvalue weighted by molar-refractivity contribution is -0.136. The van der Waals surface area contributed by atoms with Crippen molar-refractivity contribution in [1.82, 2.24) is 0 Å². The first-order chi connectivity index (χ1) is 9.89. The first-order valence-corrected chi connectivity index (χ1v) is 6.65. The third-order valence-corrected chi connectivity index (χ3v) is 4.15. The molecule has 22 heavy (non-hydrogen) atoms. The normalized spacial score (nSPS) is 20.0. The van der Waals surface area contributed by atoms with E-state index < -0.39 is 35.7 Å². The molecule has 1 aromatic rings. The van der Waals surface area contributed by atoms with Crippen molar-refractivity contribution in [2.45, 2.75) is 45.1 Å². The first kappa shape index (κ1) is 16.7. The maximum absolute atomic E-state index is 13.1. The Morgan fingerprint density at radius 3 is 2.05 bits per heavy atom. The predicted molar refractivity (Wildman–Crippen MR) is 76.3 cm³/mol. The summed E-state index contributed by atoms with van der Waals surface area (Å²) in [6.07, 6.45) is -4.66. The number of benzene rings is 1. The lowest BCUT2D eigenvalue weighted by Crippen LogP contribution is -2.41. The second-order valence-electron chi connectivity index (χ2n) is 6.23. The van der Waals surface area contributed by atoms with E-state index in [1.165, 1.54) is 6.07 Å². The number of rotatable bonds is 1. The molecule has 8 heteroatoms. The quantitative estimate of drug-likeness (QED) is 0.639. The van der Waals surface area contributed by atoms with E-state index in [4.69, 9.17) is 20.3 Å². The molecular formula is C14H16BF3N2O2. The molecule has 0 spiro atoms. The minimum atomic E-state index is -4.66. The molecule has 118 valence electrons. The highest BCUT2D eigenvalue weighted by molar-refractivity contribution is 6.62. The van der Waals surface area contributed by atoms with Gasteiger partial charge in [-0.25, -0.2) is 0 Å². The van der Waals surface area contributed by atoms with Gasteiger partial charge >= 0.3 is 13.3 Å². The molecule has 1 heterocycles. The van der Waals surface area contributed by atoms with Gasteiger partial charge in [-0.05, 0) is 45.3 Å². The number of halogens is 3. The fourth-order valence-corrected chi connectivity index (χ4v) is 2.12. The fraction of sp³-hybridized carbons (Fsp3) is 0.500. The van der Waals surface area contributed by atoms with Crippen LogP contribution in [0.25, 0.3) is 0 Å². The maximum Gasteiger partial charge on any atom is 0.494 e. The number of hydrogen-bond donors (Lipinski definition) is 1. The van der Waals surface area contributed by atoms with Gasteiger partial charge in [0.15, 0.2) is 0 Å². The van der Waals surface area contributed by atoms with Crippen LogP contribution in [-0.4, -0.2) is 18.3 Å². The molecule has 2 rings (SSSR count). The number of hydrogen-bond acceptors (Lipinski definition) is 4. The topological polar surface area (TPSA) is 68.3 Å². The molecule has 2 N–H and O–H groups in total. The van der Waals surface area contributed by atoms with Crippen LogP contribution in [0.1, 0.15) is 38.8 Å². The van der Waals surface area contributed by atoms with Crippen LogP contribution in [0.15, 0.2) is 12.1 Å². The lowest BCUT2D eigenvalue weighted by Gasteiger charge is -2.32. The molecule has 0 bridgehead atoms. The Morgan fingerprint density at radius 1 is 1.14 bits per heavy atom. The predicted octanol–water partition coefficient (Wildman–Crippen LogP) is 2.46. The minimum absolute atomic E-state index is 0.122. The number of alkyl halides is 3. The van der Waals surface area contributed by atoms with E-state index in [1.807, 2.05) is 0 Å². The standard InChI is InChI=1S/C14H16BF3N2O2/c1-12(2)13(3,4)22-15(21-12)9-5-8(7-19)11(20)10(6-9)14(16,17)18/h5-6H,20H2,1-4H3. The smallest absolute Gasteiger partial charge is 0.399 e. The summed E-state index contributed by atoms with van der Waals surface area (Å²) < 4.78 is 50.6. The van der Waals surface area contributed by atoms with E-state index in [0.717, 1.165) is 6.07 Å². The van der Waals surface area contributed by atoms with Crippen LogP contribution in [0.2, 0.25) is 0 Å². The second kappa shape index (κ2) is 4.90. The van der Waals surface area contributed by atoms with Crippen molar-refractivity contribution < 1.29 is 22.5 Å². The van der Waals surface area contributed by atoms with E-state index in [-0.39, 0.29) is 11.0 Å². The van der Waals surface area contributed by atoms with E-state index in [0.29, 0.717) is 0 Å². The zero-order valence-electron chi connectivity index (χ0n) is 12.7. The van der Waals surface area contributed by atoms with E-state index >= 15 is 0 Å². The van der Waals surface area contributed by atoms with Crippen LogP contribution in [0.3, 0.4) is 0 Å². The Hall–Kier alpha value is -1.72. The number of nitriles is 1. The van der Waals surface area contributed by atoms with Crippen LogP contribution >= 0.6 is 0 Å². The second-order valence-corrected chi connectivity index (χ2v) is 6.23. The molecule has 1 aliphatic heterocycles. The van der Waals surface area contributed by atoms with Crippen LogP contribution in [-0.2, 0) is 15.5 Å². The zero-order valence-corrected chi connectivity index (χ0v) is 12.7. The van der Waals surface area contributed by atoms with Gasteiger partial charge < -0.3 is 15.0 Å². The highest BCUT2D eigenvalue weighted by atomic mass is 19.4. The van der Waals surface area contributed by atoms with Crippen LogP contribution in [0.4, 0.5) is 18.9 Å². The maximum atomic E-state index is 13.1. The molecule has 1 saturated heterocycles. The monoisotopic (exact) mass is 312 g/mol. The Bertz CT molecular complexity index is 635. The molecule has 1 fully saturated rings. The van der Waals surface area contributed by atoms with Crippen molar-refractivity contribution in [2.75, 3.05) is 5.73 Å². The van der Waals surface area contributed by atoms with Gasteiger partial charge in [0.25, 0.3) is 0 Å². The summed E-state index contributed by atoms with van der Waals surface area (Å²) in [7, 11) is -0.987. The van der Waals surface area contributed by atoms with Gasteiger partial charge in [-0.2, -0.15) is 18.4 Å². The van der Waals surface area contributed by atoms with Crippen molar-refractivity contribution in [1.29, 1.82) is 5.26 Å². The van der Waals surface area contributed by atoms with Gasteiger partial charge in [0.2, 0.25) is 0 Å². The summed E-state index contributed by atoms with van der Waals surface area (Å²) in [5.74, 6) is 0. The molecule has 0 radical (unpaired) electrons. The van der Waals surface area contributed by atoms with E-state index in [1.54, 1.807) is 33.8 Å². The Morgan fingerprint density at radius 2 is 1.64 bits per heavy atom. The van der Waals surface area contributed by atoms with Gasteiger partial charge in [-0.1, -0.05) is 0 Å². The average Bonchev–Trinajstić information content (AvgIpc) is 2.57. The van der Waals surface area contributed by atoms with Crippen LogP contribution in [0.5, 0.6) is 0 Å². The summed E-state index contributed by atoms with van der Waals surface area (Å²) in [5, 5.41) is 9.00. The molecule has 0 unspecified atom stereocenters. The van der Waals surface area contributed by atoms with Crippen LogP contribution < -0.4 is 11.2 Å². The molecule has 1 aliphatic rings. The Balaban J connectivity index is 2.53. The first-order valence-electron chi connectivity index (χ1n) is 6.65. The van der Waals surface area contributed by atoms with Gasteiger partial charge in [0.1, 0.15) is 6.07 Å². The highest BCUT2D eigenvalue weighted by Crippen LogP contribution is 2.38. The van der Waals surface area contributed by atoms with Crippen molar-refractivity contribution >= 4 is 18.3 Å². The number of nitrogen functional groups attached to an aromatic ring is 1. The molecule has 0 amide bonds. The van der Waals surface area contributed by atoms with Crippen molar-refractivity contribution in [3.8, 4) is 6.07 Å². The number of nitrogens with two attached hydrogens (primary N) is 1. The average molecular weight is 312 g/mol. The molecule has 0 saturated carbocycles. The van der Waals surface area contributed by atoms with Gasteiger partial charge in [-0.3, -0.25) is 0 Å². The van der Waals surface area contributed by atoms with E-state index in [9.17, 15) is 13.2 Å². The summed E-state index contributed by atoms with van der Waals surface area (Å²) >= 11 is 0. The van der Waals surface area contributed by atoms with Gasteiger partial charge in [0, 0.05) is 0 Å². The summed E-state index contributed by atoms with van der Waals surface area (Å²) in [5.41, 5.74) is 2.27.